The number of nitrogens with one attached hydrogen (secondary N) is 1. The molecule has 0 radical (unpaired) electrons. The van der Waals surface area contributed by atoms with Gasteiger partial charge in [0.25, 0.3) is 0 Å². The lowest BCUT2D eigenvalue weighted by atomic mass is 10.00. The van der Waals surface area contributed by atoms with Crippen LogP contribution in [0.15, 0.2) is 36.7 Å². The molecule has 0 spiro atoms. The molecule has 106 valence electrons. The molecule has 1 N–H and O–H groups in total. The van der Waals surface area contributed by atoms with Gasteiger partial charge in [0.15, 0.2) is 0 Å². The summed E-state index contributed by atoms with van der Waals surface area (Å²) < 4.78 is 19.4. The van der Waals surface area contributed by atoms with Crippen LogP contribution in [0.3, 0.4) is 0 Å². The van der Waals surface area contributed by atoms with Gasteiger partial charge in [-0.15, -0.1) is 0 Å². The fraction of sp³-hybridized carbons (Fsp3) is 0.267. The molecule has 5 heteroatoms. The summed E-state index contributed by atoms with van der Waals surface area (Å²) in [5.41, 5.74) is 1.30. The minimum absolute atomic E-state index is 0.310. The SMILES string of the molecule is CCOc1cncc(C(NC)c2cc(Cl)ccc2F)c1. The zero-order valence-corrected chi connectivity index (χ0v) is 12.1. The first-order valence-electron chi connectivity index (χ1n) is 6.35. The molecule has 2 rings (SSSR count). The standard InChI is InChI=1S/C15H16ClFN2O/c1-3-20-12-6-10(8-19-9-12)15(18-2)13-7-11(16)4-5-14(13)17/h4-9,15,18H,3H2,1-2H3. The molecule has 0 amide bonds. The van der Waals surface area contributed by atoms with Crippen LogP contribution in [0.5, 0.6) is 5.75 Å². The zero-order valence-electron chi connectivity index (χ0n) is 11.4. The van der Waals surface area contributed by atoms with Crippen molar-refractivity contribution in [2.45, 2.75) is 13.0 Å². The van der Waals surface area contributed by atoms with Crippen LogP contribution in [0.2, 0.25) is 5.02 Å². The van der Waals surface area contributed by atoms with Crippen molar-refractivity contribution in [3.8, 4) is 5.75 Å². The smallest absolute Gasteiger partial charge is 0.137 e. The van der Waals surface area contributed by atoms with Gasteiger partial charge in [0, 0.05) is 16.8 Å². The Labute approximate surface area is 122 Å². The number of benzene rings is 1. The van der Waals surface area contributed by atoms with E-state index in [2.05, 4.69) is 10.3 Å². The second kappa shape index (κ2) is 6.68. The van der Waals surface area contributed by atoms with Gasteiger partial charge in [-0.25, -0.2) is 4.39 Å². The molecule has 1 aromatic heterocycles. The molecule has 1 unspecified atom stereocenters. The Kier molecular flexibility index (Phi) is 4.93. The Morgan fingerprint density at radius 3 is 2.85 bits per heavy atom. The van der Waals surface area contributed by atoms with E-state index in [-0.39, 0.29) is 11.9 Å². The van der Waals surface area contributed by atoms with E-state index in [1.165, 1.54) is 12.1 Å². The highest BCUT2D eigenvalue weighted by Crippen LogP contribution is 2.28. The lowest BCUT2D eigenvalue weighted by Crippen LogP contribution is -2.19. The first-order chi connectivity index (χ1) is 9.65. The van der Waals surface area contributed by atoms with Crippen LogP contribution in [0.4, 0.5) is 4.39 Å². The molecule has 0 aliphatic rings. The van der Waals surface area contributed by atoms with E-state index in [1.54, 1.807) is 25.5 Å². The van der Waals surface area contributed by atoms with Gasteiger partial charge in [0.2, 0.25) is 0 Å². The van der Waals surface area contributed by atoms with Crippen molar-refractivity contribution >= 4 is 11.6 Å². The highest BCUT2D eigenvalue weighted by Gasteiger charge is 2.17. The van der Waals surface area contributed by atoms with Crippen LogP contribution in [-0.4, -0.2) is 18.6 Å². The van der Waals surface area contributed by atoms with Gasteiger partial charge >= 0.3 is 0 Å². The van der Waals surface area contributed by atoms with Gasteiger partial charge in [0.1, 0.15) is 11.6 Å². The van der Waals surface area contributed by atoms with Crippen molar-refractivity contribution in [2.75, 3.05) is 13.7 Å². The second-order valence-corrected chi connectivity index (χ2v) is 4.71. The summed E-state index contributed by atoms with van der Waals surface area (Å²) in [4.78, 5) is 4.13. The molecule has 0 saturated carbocycles. The summed E-state index contributed by atoms with van der Waals surface area (Å²) in [6, 6.07) is 6.02. The normalized spacial score (nSPS) is 12.2. The number of rotatable bonds is 5. The molecule has 0 aliphatic heterocycles. The molecule has 0 aliphatic carbocycles. The van der Waals surface area contributed by atoms with E-state index in [9.17, 15) is 4.39 Å². The number of pyridine rings is 1. The summed E-state index contributed by atoms with van der Waals surface area (Å²) in [7, 11) is 1.76. The van der Waals surface area contributed by atoms with Crippen LogP contribution in [0.1, 0.15) is 24.1 Å². The Morgan fingerprint density at radius 2 is 2.15 bits per heavy atom. The van der Waals surface area contributed by atoms with Gasteiger partial charge in [-0.1, -0.05) is 11.6 Å². The molecule has 0 fully saturated rings. The van der Waals surface area contributed by atoms with Gasteiger partial charge in [-0.2, -0.15) is 0 Å². The average molecular weight is 295 g/mol. The highest BCUT2D eigenvalue weighted by molar-refractivity contribution is 6.30. The minimum atomic E-state index is -0.332. The molecule has 0 bridgehead atoms. The monoisotopic (exact) mass is 294 g/mol. The molecular formula is C15H16ClFN2O. The van der Waals surface area contributed by atoms with Gasteiger partial charge in [0.05, 0.1) is 18.8 Å². The van der Waals surface area contributed by atoms with Gasteiger partial charge in [-0.3, -0.25) is 4.98 Å². The molecule has 1 aromatic carbocycles. The first kappa shape index (κ1) is 14.8. The zero-order chi connectivity index (χ0) is 14.5. The largest absolute Gasteiger partial charge is 0.492 e. The Balaban J connectivity index is 2.41. The van der Waals surface area contributed by atoms with Crippen molar-refractivity contribution in [2.24, 2.45) is 0 Å². The van der Waals surface area contributed by atoms with Crippen molar-refractivity contribution < 1.29 is 9.13 Å². The second-order valence-electron chi connectivity index (χ2n) is 4.27. The van der Waals surface area contributed by atoms with Gasteiger partial charge in [-0.05, 0) is 43.8 Å². The molecule has 20 heavy (non-hydrogen) atoms. The third-order valence-corrected chi connectivity index (χ3v) is 3.17. The van der Waals surface area contributed by atoms with Gasteiger partial charge < -0.3 is 10.1 Å². The quantitative estimate of drug-likeness (QED) is 0.915. The molecule has 1 heterocycles. The fourth-order valence-corrected chi connectivity index (χ4v) is 2.26. The number of aromatic nitrogens is 1. The Morgan fingerprint density at radius 1 is 1.35 bits per heavy atom. The fourth-order valence-electron chi connectivity index (χ4n) is 2.08. The topological polar surface area (TPSA) is 34.1 Å². The van der Waals surface area contributed by atoms with E-state index in [1.807, 2.05) is 13.0 Å². The third kappa shape index (κ3) is 3.26. The van der Waals surface area contributed by atoms with Crippen LogP contribution >= 0.6 is 11.6 Å². The van der Waals surface area contributed by atoms with E-state index in [0.717, 1.165) is 5.56 Å². The number of nitrogens with zero attached hydrogens (tertiary/aromatic N) is 1. The van der Waals surface area contributed by atoms with Crippen LogP contribution in [0.25, 0.3) is 0 Å². The predicted molar refractivity (Wildman–Crippen MR) is 77.7 cm³/mol. The number of halogens is 2. The number of hydrogen-bond acceptors (Lipinski definition) is 3. The van der Waals surface area contributed by atoms with E-state index < -0.39 is 0 Å². The Hall–Kier alpha value is -1.65. The van der Waals surface area contributed by atoms with E-state index >= 15 is 0 Å². The third-order valence-electron chi connectivity index (χ3n) is 2.94. The minimum Gasteiger partial charge on any atom is -0.492 e. The molecule has 2 aromatic rings. The molecule has 1 atom stereocenters. The first-order valence-corrected chi connectivity index (χ1v) is 6.73. The molecular weight excluding hydrogens is 279 g/mol. The van der Waals surface area contributed by atoms with Crippen LogP contribution in [-0.2, 0) is 0 Å². The maximum Gasteiger partial charge on any atom is 0.137 e. The van der Waals surface area contributed by atoms with E-state index in [0.29, 0.717) is 22.9 Å². The van der Waals surface area contributed by atoms with Crippen molar-refractivity contribution in [3.63, 3.8) is 0 Å². The molecule has 3 nitrogen and oxygen atoms in total. The lowest BCUT2D eigenvalue weighted by molar-refractivity contribution is 0.338. The lowest BCUT2D eigenvalue weighted by Gasteiger charge is -2.18. The predicted octanol–water partition coefficient (Wildman–Crippen LogP) is 3.58. The van der Waals surface area contributed by atoms with Crippen molar-refractivity contribution in [1.29, 1.82) is 0 Å². The van der Waals surface area contributed by atoms with Crippen molar-refractivity contribution in [1.82, 2.24) is 10.3 Å². The number of hydrogen-bond donors (Lipinski definition) is 1. The molecule has 0 saturated heterocycles. The number of ether oxygens (including phenoxy) is 1. The van der Waals surface area contributed by atoms with Crippen LogP contribution < -0.4 is 10.1 Å². The summed E-state index contributed by atoms with van der Waals surface area (Å²) in [5, 5.41) is 3.57. The van der Waals surface area contributed by atoms with E-state index in [4.69, 9.17) is 16.3 Å². The highest BCUT2D eigenvalue weighted by atomic mass is 35.5. The summed E-state index contributed by atoms with van der Waals surface area (Å²) in [6.07, 6.45) is 3.32. The Bertz CT molecular complexity index is 592. The van der Waals surface area contributed by atoms with Crippen LogP contribution in [0, 0.1) is 5.82 Å². The summed E-state index contributed by atoms with van der Waals surface area (Å²) >= 11 is 5.95. The summed E-state index contributed by atoms with van der Waals surface area (Å²) in [5.74, 6) is 0.350. The maximum absolute atomic E-state index is 14.0. The maximum atomic E-state index is 14.0. The van der Waals surface area contributed by atoms with Crippen molar-refractivity contribution in [3.05, 3.63) is 58.6 Å². The summed E-state index contributed by atoms with van der Waals surface area (Å²) in [6.45, 7) is 2.46. The average Bonchev–Trinajstić information content (AvgIpc) is 2.44.